The predicted octanol–water partition coefficient (Wildman–Crippen LogP) is -0.541. The van der Waals surface area contributed by atoms with Crippen LogP contribution < -0.4 is 5.46 Å². The standard InChI is InChI=1S/C10H12BN3O2/c1-14(2)7-13-10-4-3-9(11(15)16)5-8(10)6-12/h3-5,7,15-16H,1-2H3. The highest BCUT2D eigenvalue weighted by molar-refractivity contribution is 6.58. The molecule has 2 N–H and O–H groups in total. The second-order valence-corrected chi connectivity index (χ2v) is 3.47. The average molecular weight is 217 g/mol. The first-order valence-corrected chi connectivity index (χ1v) is 4.65. The van der Waals surface area contributed by atoms with Gasteiger partial charge in [-0.05, 0) is 17.6 Å². The molecule has 0 saturated carbocycles. The van der Waals surface area contributed by atoms with E-state index in [0.29, 0.717) is 11.3 Å². The van der Waals surface area contributed by atoms with Crippen LogP contribution in [0.5, 0.6) is 0 Å². The van der Waals surface area contributed by atoms with Crippen molar-refractivity contribution in [2.45, 2.75) is 0 Å². The van der Waals surface area contributed by atoms with Crippen molar-refractivity contribution in [3.8, 4) is 6.07 Å². The molecule has 0 bridgehead atoms. The van der Waals surface area contributed by atoms with E-state index in [1.165, 1.54) is 12.1 Å². The number of aliphatic imine (C=N–C) groups is 1. The van der Waals surface area contributed by atoms with E-state index < -0.39 is 7.12 Å². The third-order valence-electron chi connectivity index (χ3n) is 1.87. The van der Waals surface area contributed by atoms with Crippen LogP contribution in [-0.2, 0) is 0 Å². The lowest BCUT2D eigenvalue weighted by atomic mass is 9.79. The first-order valence-electron chi connectivity index (χ1n) is 4.65. The molecule has 0 radical (unpaired) electrons. The molecule has 0 spiro atoms. The van der Waals surface area contributed by atoms with Gasteiger partial charge in [0.15, 0.2) is 0 Å². The zero-order valence-electron chi connectivity index (χ0n) is 9.12. The molecule has 0 aromatic heterocycles. The lowest BCUT2D eigenvalue weighted by Crippen LogP contribution is -2.29. The Kier molecular flexibility index (Phi) is 4.06. The van der Waals surface area contributed by atoms with Crippen molar-refractivity contribution in [2.24, 2.45) is 4.99 Å². The summed E-state index contributed by atoms with van der Waals surface area (Å²) in [4.78, 5) is 5.84. The van der Waals surface area contributed by atoms with E-state index in [9.17, 15) is 0 Å². The molecule has 0 unspecified atom stereocenters. The minimum absolute atomic E-state index is 0.278. The van der Waals surface area contributed by atoms with Gasteiger partial charge in [0, 0.05) is 14.1 Å². The van der Waals surface area contributed by atoms with Crippen LogP contribution in [0.1, 0.15) is 5.56 Å². The maximum atomic E-state index is 8.95. The van der Waals surface area contributed by atoms with Crippen LogP contribution in [0.25, 0.3) is 0 Å². The fourth-order valence-corrected chi connectivity index (χ4v) is 1.09. The Balaban J connectivity index is 3.08. The third-order valence-corrected chi connectivity index (χ3v) is 1.87. The van der Waals surface area contributed by atoms with Gasteiger partial charge in [-0.3, -0.25) is 0 Å². The normalized spacial score (nSPS) is 10.2. The van der Waals surface area contributed by atoms with Crippen LogP contribution in [0.3, 0.4) is 0 Å². The first-order chi connectivity index (χ1) is 7.54. The Labute approximate surface area is 94.4 Å². The van der Waals surface area contributed by atoms with Crippen LogP contribution >= 0.6 is 0 Å². The molecule has 1 aromatic rings. The summed E-state index contributed by atoms with van der Waals surface area (Å²) in [6.45, 7) is 0. The molecule has 1 rings (SSSR count). The summed E-state index contributed by atoms with van der Waals surface area (Å²) in [5.74, 6) is 0. The molecule has 0 amide bonds. The zero-order chi connectivity index (χ0) is 12.1. The summed E-state index contributed by atoms with van der Waals surface area (Å²) in [7, 11) is 2.07. The van der Waals surface area contributed by atoms with Crippen molar-refractivity contribution < 1.29 is 10.0 Å². The molecule has 82 valence electrons. The molecule has 6 heteroatoms. The van der Waals surface area contributed by atoms with Crippen LogP contribution in [-0.4, -0.2) is 42.5 Å². The molecular formula is C10H12BN3O2. The smallest absolute Gasteiger partial charge is 0.423 e. The predicted molar refractivity (Wildman–Crippen MR) is 62.8 cm³/mol. The Bertz CT molecular complexity index is 438. The topological polar surface area (TPSA) is 79.8 Å². The molecule has 0 fully saturated rings. The number of rotatable bonds is 3. The number of nitriles is 1. The second kappa shape index (κ2) is 5.30. The van der Waals surface area contributed by atoms with Gasteiger partial charge in [0.1, 0.15) is 6.07 Å². The summed E-state index contributed by atoms with van der Waals surface area (Å²) in [5.41, 5.74) is 1.09. The monoisotopic (exact) mass is 217 g/mol. The van der Waals surface area contributed by atoms with Gasteiger partial charge in [0.05, 0.1) is 17.6 Å². The van der Waals surface area contributed by atoms with Crippen molar-refractivity contribution in [1.82, 2.24) is 4.90 Å². The van der Waals surface area contributed by atoms with E-state index in [1.807, 2.05) is 20.2 Å². The number of nitrogens with zero attached hydrogens (tertiary/aromatic N) is 3. The highest BCUT2D eigenvalue weighted by Gasteiger charge is 2.12. The maximum absolute atomic E-state index is 8.95. The minimum Gasteiger partial charge on any atom is -0.423 e. The molecule has 1 aromatic carbocycles. The molecule has 0 aliphatic rings. The maximum Gasteiger partial charge on any atom is 0.488 e. The summed E-state index contributed by atoms with van der Waals surface area (Å²) >= 11 is 0. The van der Waals surface area contributed by atoms with E-state index in [1.54, 1.807) is 17.3 Å². The Morgan fingerprint density at radius 2 is 2.12 bits per heavy atom. The zero-order valence-corrected chi connectivity index (χ0v) is 9.12. The van der Waals surface area contributed by atoms with E-state index >= 15 is 0 Å². The lowest BCUT2D eigenvalue weighted by Gasteiger charge is -2.05. The van der Waals surface area contributed by atoms with E-state index in [4.69, 9.17) is 15.3 Å². The Morgan fingerprint density at radius 1 is 1.44 bits per heavy atom. The van der Waals surface area contributed by atoms with Crippen LogP contribution in [0, 0.1) is 11.3 Å². The SMILES string of the molecule is CN(C)C=Nc1ccc(B(O)O)cc1C#N. The highest BCUT2D eigenvalue weighted by atomic mass is 16.4. The van der Waals surface area contributed by atoms with E-state index in [2.05, 4.69) is 4.99 Å². The second-order valence-electron chi connectivity index (χ2n) is 3.47. The molecular weight excluding hydrogens is 205 g/mol. The van der Waals surface area contributed by atoms with Crippen LogP contribution in [0.15, 0.2) is 23.2 Å². The summed E-state index contributed by atoms with van der Waals surface area (Å²) in [6.07, 6.45) is 1.57. The summed E-state index contributed by atoms with van der Waals surface area (Å²) in [5, 5.41) is 26.8. The number of hydrogen-bond donors (Lipinski definition) is 2. The highest BCUT2D eigenvalue weighted by Crippen LogP contribution is 2.15. The van der Waals surface area contributed by atoms with Crippen molar-refractivity contribution in [2.75, 3.05) is 14.1 Å². The van der Waals surface area contributed by atoms with Gasteiger partial charge in [0.2, 0.25) is 0 Å². The molecule has 0 heterocycles. The summed E-state index contributed by atoms with van der Waals surface area (Å²) in [6, 6.07) is 6.47. The van der Waals surface area contributed by atoms with Crippen molar-refractivity contribution in [3.05, 3.63) is 23.8 Å². The minimum atomic E-state index is -1.57. The van der Waals surface area contributed by atoms with E-state index in [0.717, 1.165) is 0 Å². The van der Waals surface area contributed by atoms with Crippen LogP contribution in [0.2, 0.25) is 0 Å². The Morgan fingerprint density at radius 3 is 2.62 bits per heavy atom. The molecule has 0 aliphatic heterocycles. The van der Waals surface area contributed by atoms with Crippen LogP contribution in [0.4, 0.5) is 5.69 Å². The largest absolute Gasteiger partial charge is 0.488 e. The van der Waals surface area contributed by atoms with Gasteiger partial charge in [-0.15, -0.1) is 0 Å². The van der Waals surface area contributed by atoms with Gasteiger partial charge in [-0.2, -0.15) is 5.26 Å². The third kappa shape index (κ3) is 3.09. The quantitative estimate of drug-likeness (QED) is 0.404. The molecule has 0 saturated heterocycles. The van der Waals surface area contributed by atoms with Gasteiger partial charge >= 0.3 is 7.12 Å². The lowest BCUT2D eigenvalue weighted by molar-refractivity contribution is 0.426. The number of benzene rings is 1. The van der Waals surface area contributed by atoms with Crippen molar-refractivity contribution >= 4 is 24.6 Å². The fourth-order valence-electron chi connectivity index (χ4n) is 1.09. The van der Waals surface area contributed by atoms with Gasteiger partial charge in [-0.1, -0.05) is 6.07 Å². The molecule has 0 aliphatic carbocycles. The van der Waals surface area contributed by atoms with E-state index in [-0.39, 0.29) is 5.46 Å². The molecule has 5 nitrogen and oxygen atoms in total. The average Bonchev–Trinajstić information content (AvgIpc) is 2.25. The molecule has 0 atom stereocenters. The first kappa shape index (κ1) is 12.2. The van der Waals surface area contributed by atoms with Crippen molar-refractivity contribution in [3.63, 3.8) is 0 Å². The van der Waals surface area contributed by atoms with Gasteiger partial charge in [-0.25, -0.2) is 4.99 Å². The summed E-state index contributed by atoms with van der Waals surface area (Å²) < 4.78 is 0. The van der Waals surface area contributed by atoms with Gasteiger partial charge < -0.3 is 14.9 Å². The fraction of sp³-hybridized carbons (Fsp3) is 0.200. The Hall–Kier alpha value is -1.84. The van der Waals surface area contributed by atoms with Crippen molar-refractivity contribution in [1.29, 1.82) is 5.26 Å². The molecule has 16 heavy (non-hydrogen) atoms. The van der Waals surface area contributed by atoms with Gasteiger partial charge in [0.25, 0.3) is 0 Å². The number of hydrogen-bond acceptors (Lipinski definition) is 4.